The van der Waals surface area contributed by atoms with Crippen molar-refractivity contribution in [1.82, 2.24) is 9.88 Å². The van der Waals surface area contributed by atoms with Crippen molar-refractivity contribution in [3.8, 4) is 5.75 Å². The molecule has 0 bridgehead atoms. The summed E-state index contributed by atoms with van der Waals surface area (Å²) in [4.78, 5) is 18.4. The third kappa shape index (κ3) is 4.05. The molecule has 2 N–H and O–H groups in total. The molecule has 0 saturated carbocycles. The number of para-hydroxylation sites is 3. The summed E-state index contributed by atoms with van der Waals surface area (Å²) in [7, 11) is 0. The van der Waals surface area contributed by atoms with E-state index in [1.165, 1.54) is 16.5 Å². The fourth-order valence-corrected chi connectivity index (χ4v) is 3.87. The number of carbonyl (C=O) groups excluding carboxylic acids is 1. The van der Waals surface area contributed by atoms with Crippen molar-refractivity contribution >= 4 is 28.1 Å². The quantitative estimate of drug-likeness (QED) is 0.643. The van der Waals surface area contributed by atoms with Crippen molar-refractivity contribution in [2.24, 2.45) is 0 Å². The Bertz CT molecular complexity index is 1040. The van der Waals surface area contributed by atoms with Crippen LogP contribution in [0.15, 0.2) is 60.8 Å². The van der Waals surface area contributed by atoms with E-state index in [1.54, 1.807) is 0 Å². The highest BCUT2D eigenvalue weighted by atomic mass is 16.5. The van der Waals surface area contributed by atoms with Gasteiger partial charge in [0, 0.05) is 35.8 Å². The topological polar surface area (TPSA) is 57.4 Å². The number of anilines is 1. The highest BCUT2D eigenvalue weighted by molar-refractivity contribution is 5.96. The molecule has 0 radical (unpaired) electrons. The zero-order chi connectivity index (χ0) is 20.2. The summed E-state index contributed by atoms with van der Waals surface area (Å²) in [5.41, 5.74) is 4.49. The lowest BCUT2D eigenvalue weighted by molar-refractivity contribution is -0.120. The maximum absolute atomic E-state index is 12.8. The zero-order valence-electron chi connectivity index (χ0n) is 16.9. The van der Waals surface area contributed by atoms with Crippen molar-refractivity contribution in [1.29, 1.82) is 0 Å². The summed E-state index contributed by atoms with van der Waals surface area (Å²) in [6.07, 6.45) is 5.26. The van der Waals surface area contributed by atoms with Crippen LogP contribution in [0.4, 0.5) is 5.69 Å². The first-order valence-electron chi connectivity index (χ1n) is 10.2. The number of benzene rings is 2. The molecule has 1 aromatic heterocycles. The van der Waals surface area contributed by atoms with Crippen LogP contribution in [0.3, 0.4) is 0 Å². The minimum atomic E-state index is -0.217. The van der Waals surface area contributed by atoms with E-state index in [0.29, 0.717) is 12.4 Å². The van der Waals surface area contributed by atoms with Crippen LogP contribution in [-0.2, 0) is 4.79 Å². The van der Waals surface area contributed by atoms with Gasteiger partial charge < -0.3 is 15.0 Å². The van der Waals surface area contributed by atoms with Crippen LogP contribution in [0.5, 0.6) is 5.75 Å². The van der Waals surface area contributed by atoms with E-state index in [0.717, 1.165) is 30.7 Å². The molecule has 0 fully saturated rings. The van der Waals surface area contributed by atoms with E-state index >= 15 is 0 Å². The van der Waals surface area contributed by atoms with Crippen LogP contribution in [0.25, 0.3) is 16.5 Å². The molecular formula is C24H27N3O2. The van der Waals surface area contributed by atoms with Gasteiger partial charge in [-0.05, 0) is 44.0 Å². The monoisotopic (exact) mass is 389 g/mol. The summed E-state index contributed by atoms with van der Waals surface area (Å²) < 4.78 is 5.61. The van der Waals surface area contributed by atoms with Gasteiger partial charge in [-0.15, -0.1) is 0 Å². The van der Waals surface area contributed by atoms with Gasteiger partial charge in [0.1, 0.15) is 5.75 Å². The van der Waals surface area contributed by atoms with Crippen LogP contribution in [0.2, 0.25) is 0 Å². The van der Waals surface area contributed by atoms with Crippen molar-refractivity contribution in [2.45, 2.75) is 26.3 Å². The van der Waals surface area contributed by atoms with Gasteiger partial charge in [-0.3, -0.25) is 9.69 Å². The van der Waals surface area contributed by atoms with Crippen LogP contribution in [0.1, 0.15) is 25.8 Å². The first-order chi connectivity index (χ1) is 14.2. The van der Waals surface area contributed by atoms with Crippen LogP contribution < -0.4 is 10.1 Å². The Morgan fingerprint density at radius 3 is 2.79 bits per heavy atom. The lowest BCUT2D eigenvalue weighted by Crippen LogP contribution is -2.44. The van der Waals surface area contributed by atoms with Crippen LogP contribution in [0, 0.1) is 0 Å². The molecule has 3 aromatic rings. The highest BCUT2D eigenvalue weighted by Gasteiger charge is 2.24. The smallest absolute Gasteiger partial charge is 0.241 e. The Labute approximate surface area is 171 Å². The fourth-order valence-electron chi connectivity index (χ4n) is 3.87. The van der Waals surface area contributed by atoms with E-state index < -0.39 is 0 Å². The highest BCUT2D eigenvalue weighted by Crippen LogP contribution is 2.30. The van der Waals surface area contributed by atoms with E-state index in [1.807, 2.05) is 44.2 Å². The molecule has 29 heavy (non-hydrogen) atoms. The Morgan fingerprint density at radius 1 is 1.21 bits per heavy atom. The van der Waals surface area contributed by atoms with E-state index in [-0.39, 0.29) is 11.9 Å². The maximum Gasteiger partial charge on any atom is 0.241 e. The predicted molar refractivity (Wildman–Crippen MR) is 118 cm³/mol. The van der Waals surface area contributed by atoms with E-state index in [2.05, 4.69) is 45.7 Å². The summed E-state index contributed by atoms with van der Waals surface area (Å²) in [5, 5.41) is 4.28. The second kappa shape index (κ2) is 8.53. The van der Waals surface area contributed by atoms with Crippen molar-refractivity contribution in [3.05, 3.63) is 66.4 Å². The SMILES string of the molecule is CCOc1ccccc1NC(=O)C(C)N1CC=C(c2c[nH]c3ccccc23)CC1. The molecule has 0 saturated heterocycles. The lowest BCUT2D eigenvalue weighted by Gasteiger charge is -2.31. The molecule has 4 rings (SSSR count). The Hall–Kier alpha value is -3.05. The number of ether oxygens (including phenoxy) is 1. The number of hydrogen-bond acceptors (Lipinski definition) is 3. The number of hydrogen-bond donors (Lipinski definition) is 2. The minimum Gasteiger partial charge on any atom is -0.492 e. The number of aromatic amines is 1. The molecule has 1 aliphatic rings. The third-order valence-electron chi connectivity index (χ3n) is 5.55. The van der Waals surface area contributed by atoms with Crippen LogP contribution >= 0.6 is 0 Å². The molecule has 0 spiro atoms. The molecule has 0 aliphatic carbocycles. The number of fused-ring (bicyclic) bond motifs is 1. The Kier molecular flexibility index (Phi) is 5.67. The zero-order valence-corrected chi connectivity index (χ0v) is 16.9. The maximum atomic E-state index is 12.8. The molecule has 5 nitrogen and oxygen atoms in total. The van der Waals surface area contributed by atoms with E-state index in [4.69, 9.17) is 4.74 Å². The lowest BCUT2D eigenvalue weighted by atomic mass is 9.98. The first-order valence-corrected chi connectivity index (χ1v) is 10.2. The van der Waals surface area contributed by atoms with Gasteiger partial charge in [0.15, 0.2) is 0 Å². The first kappa shape index (κ1) is 19.3. The Morgan fingerprint density at radius 2 is 2.00 bits per heavy atom. The molecule has 150 valence electrons. The summed E-state index contributed by atoms with van der Waals surface area (Å²) >= 11 is 0. The van der Waals surface area contributed by atoms with Gasteiger partial charge in [-0.1, -0.05) is 36.4 Å². The van der Waals surface area contributed by atoms with Gasteiger partial charge >= 0.3 is 0 Å². The summed E-state index contributed by atoms with van der Waals surface area (Å²) in [6.45, 7) is 6.08. The van der Waals surface area contributed by atoms with Gasteiger partial charge in [-0.25, -0.2) is 0 Å². The normalized spacial score (nSPS) is 15.7. The summed E-state index contributed by atoms with van der Waals surface area (Å²) in [5.74, 6) is 0.691. The number of carbonyl (C=O) groups is 1. The minimum absolute atomic E-state index is 0.0129. The number of amides is 1. The molecule has 1 aliphatic heterocycles. The number of aromatic nitrogens is 1. The molecule has 1 amide bonds. The number of nitrogens with zero attached hydrogens (tertiary/aromatic N) is 1. The van der Waals surface area contributed by atoms with Crippen molar-refractivity contribution < 1.29 is 9.53 Å². The van der Waals surface area contributed by atoms with Gasteiger partial charge in [0.25, 0.3) is 0 Å². The average Bonchev–Trinajstić information content (AvgIpc) is 3.19. The molecule has 1 unspecified atom stereocenters. The second-order valence-electron chi connectivity index (χ2n) is 7.32. The van der Waals surface area contributed by atoms with Crippen LogP contribution in [-0.4, -0.2) is 41.5 Å². The predicted octanol–water partition coefficient (Wildman–Crippen LogP) is 4.68. The largest absolute Gasteiger partial charge is 0.492 e. The molecule has 1 atom stereocenters. The van der Waals surface area contributed by atoms with Gasteiger partial charge in [-0.2, -0.15) is 0 Å². The van der Waals surface area contributed by atoms with Crippen molar-refractivity contribution in [2.75, 3.05) is 25.0 Å². The van der Waals surface area contributed by atoms with Gasteiger partial charge in [0.2, 0.25) is 5.91 Å². The molecule has 2 heterocycles. The number of nitrogens with one attached hydrogen (secondary N) is 2. The average molecular weight is 389 g/mol. The number of rotatable bonds is 6. The molecular weight excluding hydrogens is 362 g/mol. The summed E-state index contributed by atoms with van der Waals surface area (Å²) in [6, 6.07) is 15.7. The third-order valence-corrected chi connectivity index (χ3v) is 5.55. The molecule has 2 aromatic carbocycles. The standard InChI is InChI=1S/C24H27N3O2/c1-3-29-23-11-7-6-10-22(23)26-24(28)17(2)27-14-12-18(13-15-27)20-16-25-21-9-5-4-8-19(20)21/h4-12,16-17,25H,3,13-15H2,1-2H3,(H,26,28). The van der Waals surface area contributed by atoms with E-state index in [9.17, 15) is 4.79 Å². The molecule has 5 heteroatoms. The number of H-pyrrole nitrogens is 1. The van der Waals surface area contributed by atoms with Crippen molar-refractivity contribution in [3.63, 3.8) is 0 Å². The second-order valence-corrected chi connectivity index (χ2v) is 7.32. The fraction of sp³-hybridized carbons (Fsp3) is 0.292. The Balaban J connectivity index is 1.43. The van der Waals surface area contributed by atoms with Gasteiger partial charge in [0.05, 0.1) is 18.3 Å².